The van der Waals surface area contributed by atoms with Crippen LogP contribution in [0.15, 0.2) is 71.4 Å². The van der Waals surface area contributed by atoms with E-state index in [0.717, 1.165) is 22.4 Å². The summed E-state index contributed by atoms with van der Waals surface area (Å²) in [5, 5.41) is 14.3. The highest BCUT2D eigenvalue weighted by atomic mass is 19.4. The number of fused-ring (bicyclic) bond motifs is 1. The number of aliphatic imine (C=N–C) groups is 1. The lowest BCUT2D eigenvalue weighted by molar-refractivity contribution is -0.143. The van der Waals surface area contributed by atoms with Gasteiger partial charge in [0.05, 0.1) is 17.7 Å². The second kappa shape index (κ2) is 12.2. The second-order valence-electron chi connectivity index (χ2n) is 9.41. The first-order valence-electron chi connectivity index (χ1n) is 12.8. The molecule has 12 heteroatoms. The fourth-order valence-electron chi connectivity index (χ4n) is 4.40. The van der Waals surface area contributed by atoms with Crippen molar-refractivity contribution in [2.75, 3.05) is 13.2 Å². The minimum Gasteiger partial charge on any atom is -0.493 e. The molecule has 1 heterocycles. The van der Waals surface area contributed by atoms with Crippen LogP contribution in [0.5, 0.6) is 5.75 Å². The molecule has 1 aliphatic rings. The van der Waals surface area contributed by atoms with Gasteiger partial charge in [-0.3, -0.25) is 10.3 Å². The minimum absolute atomic E-state index is 0.0222. The van der Waals surface area contributed by atoms with E-state index in [4.69, 9.17) is 4.74 Å². The highest BCUT2D eigenvalue weighted by molar-refractivity contribution is 5.97. The summed E-state index contributed by atoms with van der Waals surface area (Å²) in [5.74, 6) is -0.915. The largest absolute Gasteiger partial charge is 0.493 e. The van der Waals surface area contributed by atoms with E-state index in [0.29, 0.717) is 25.5 Å². The van der Waals surface area contributed by atoms with Gasteiger partial charge < -0.3 is 14.7 Å². The van der Waals surface area contributed by atoms with E-state index in [-0.39, 0.29) is 36.1 Å². The average molecular weight is 580 g/mol. The van der Waals surface area contributed by atoms with Crippen LogP contribution in [0.2, 0.25) is 0 Å². The van der Waals surface area contributed by atoms with Gasteiger partial charge >= 0.3 is 18.3 Å². The summed E-state index contributed by atoms with van der Waals surface area (Å²) in [4.78, 5) is 17.6. The van der Waals surface area contributed by atoms with E-state index in [1.807, 2.05) is 19.1 Å². The molecule has 1 unspecified atom stereocenters. The van der Waals surface area contributed by atoms with Gasteiger partial charge in [-0.2, -0.15) is 26.3 Å². The van der Waals surface area contributed by atoms with Crippen LogP contribution in [0, 0.1) is 0 Å². The molecule has 3 aromatic rings. The Balaban J connectivity index is 1.43. The Morgan fingerprint density at radius 1 is 1.02 bits per heavy atom. The van der Waals surface area contributed by atoms with E-state index >= 15 is 0 Å². The highest BCUT2D eigenvalue weighted by Gasteiger charge is 2.38. The molecule has 0 spiro atoms. The predicted molar refractivity (Wildman–Crippen MR) is 142 cm³/mol. The third-order valence-electron chi connectivity index (χ3n) is 6.52. The Labute approximate surface area is 231 Å². The zero-order valence-electron chi connectivity index (χ0n) is 21.9. The fraction of sp³-hybridized carbons (Fsp3) is 0.310. The molecule has 4 rings (SSSR count). The second-order valence-corrected chi connectivity index (χ2v) is 9.41. The zero-order chi connectivity index (χ0) is 29.8. The van der Waals surface area contributed by atoms with E-state index in [1.54, 1.807) is 30.6 Å². The minimum atomic E-state index is -4.98. The summed E-state index contributed by atoms with van der Waals surface area (Å²) in [5.41, 5.74) is -2.28. The molecule has 0 fully saturated rings. The number of carboxylic acid groups (broad SMARTS) is 1. The molecule has 0 aliphatic carbocycles. The van der Waals surface area contributed by atoms with Crippen LogP contribution < -0.4 is 10.1 Å². The lowest BCUT2D eigenvalue weighted by Gasteiger charge is -2.32. The third-order valence-corrected chi connectivity index (χ3v) is 6.52. The van der Waals surface area contributed by atoms with Crippen LogP contribution in [-0.4, -0.2) is 41.6 Å². The molecule has 218 valence electrons. The van der Waals surface area contributed by atoms with Crippen molar-refractivity contribution in [1.29, 1.82) is 0 Å². The van der Waals surface area contributed by atoms with Crippen molar-refractivity contribution in [1.82, 2.24) is 10.2 Å². The first kappa shape index (κ1) is 29.9. The number of benzene rings is 3. The monoisotopic (exact) mass is 579 g/mol. The molecule has 1 aliphatic heterocycles. The molecular formula is C29H27F6N3O3. The van der Waals surface area contributed by atoms with Crippen LogP contribution in [0.3, 0.4) is 0 Å². The van der Waals surface area contributed by atoms with Crippen LogP contribution >= 0.6 is 0 Å². The number of halogens is 6. The molecule has 2 N–H and O–H groups in total. The van der Waals surface area contributed by atoms with E-state index < -0.39 is 35.7 Å². The van der Waals surface area contributed by atoms with Crippen molar-refractivity contribution < 1.29 is 41.0 Å². The smallest absolute Gasteiger partial charge is 0.416 e. The Bertz CT molecular complexity index is 1470. The van der Waals surface area contributed by atoms with Crippen LogP contribution in [-0.2, 0) is 18.9 Å². The third kappa shape index (κ3) is 7.37. The molecule has 0 aromatic heterocycles. The van der Waals surface area contributed by atoms with Gasteiger partial charge in [0.1, 0.15) is 11.3 Å². The number of allylic oxidation sites excluding steroid dienone is 1. The highest BCUT2D eigenvalue weighted by Crippen LogP contribution is 2.38. The van der Waals surface area contributed by atoms with Gasteiger partial charge in [0, 0.05) is 25.5 Å². The number of hydrogen-bond acceptors (Lipinski definition) is 5. The number of hydrogen-bond donors (Lipinski definition) is 2. The molecule has 3 aromatic carbocycles. The predicted octanol–water partition coefficient (Wildman–Crippen LogP) is 7.10. The summed E-state index contributed by atoms with van der Waals surface area (Å²) >= 11 is 0. The normalized spacial score (nSPS) is 15.7. The zero-order valence-corrected chi connectivity index (χ0v) is 21.9. The van der Waals surface area contributed by atoms with Crippen molar-refractivity contribution in [3.8, 4) is 5.75 Å². The first-order valence-corrected chi connectivity index (χ1v) is 12.8. The molecular weight excluding hydrogens is 552 g/mol. The topological polar surface area (TPSA) is 74.2 Å². The molecule has 0 bridgehead atoms. The number of alkyl halides is 6. The summed E-state index contributed by atoms with van der Waals surface area (Å²) in [7, 11) is 0. The molecule has 0 saturated heterocycles. The maximum absolute atomic E-state index is 13.7. The van der Waals surface area contributed by atoms with Gasteiger partial charge in [-0.25, -0.2) is 4.79 Å². The Kier molecular flexibility index (Phi) is 8.91. The fourth-order valence-corrected chi connectivity index (χ4v) is 4.40. The number of carbonyl (C=O) groups is 1. The molecule has 0 radical (unpaired) electrons. The summed E-state index contributed by atoms with van der Waals surface area (Å²) in [6.07, 6.45) is -6.48. The Hall–Kier alpha value is -4.06. The lowest BCUT2D eigenvalue weighted by atomic mass is 10.0. The number of ether oxygens (including phenoxy) is 1. The maximum atomic E-state index is 13.7. The number of nitrogens with one attached hydrogen (secondary N) is 1. The van der Waals surface area contributed by atoms with E-state index in [1.165, 1.54) is 11.0 Å². The van der Waals surface area contributed by atoms with Gasteiger partial charge in [0.2, 0.25) is 0 Å². The van der Waals surface area contributed by atoms with Gasteiger partial charge in [-0.1, -0.05) is 37.3 Å². The van der Waals surface area contributed by atoms with Crippen molar-refractivity contribution in [2.24, 2.45) is 4.99 Å². The number of carboxylic acids is 1. The Morgan fingerprint density at radius 3 is 2.37 bits per heavy atom. The maximum Gasteiger partial charge on any atom is 0.416 e. The molecule has 0 amide bonds. The number of rotatable bonds is 10. The summed E-state index contributed by atoms with van der Waals surface area (Å²) < 4.78 is 86.1. The SMILES string of the molecule is CCC1=CN(Cc2ccc(C(F)(F)F)cc2C(F)(F)F)C(NCCCOc2cc3ccccc3cc2C(=O)O)N=C1. The summed E-state index contributed by atoms with van der Waals surface area (Å²) in [6.45, 7) is 1.97. The molecule has 6 nitrogen and oxygen atoms in total. The average Bonchev–Trinajstić information content (AvgIpc) is 2.92. The lowest BCUT2D eigenvalue weighted by Crippen LogP contribution is -2.44. The first-order chi connectivity index (χ1) is 19.4. The quantitative estimate of drug-likeness (QED) is 0.198. The van der Waals surface area contributed by atoms with Gasteiger partial charge in [-0.15, -0.1) is 0 Å². The van der Waals surface area contributed by atoms with E-state index in [9.17, 15) is 36.2 Å². The standard InChI is InChI=1S/C29H27F6N3O3/c1-2-18-15-37-27(38(16-18)17-21-8-9-22(28(30,31)32)14-24(21)29(33,34)35)36-10-5-11-41-25-13-20-7-4-3-6-19(20)12-23(25)26(39)40/h3-4,6-9,12-16,27,36H,2,5,10-11,17H2,1H3,(H,39,40). The van der Waals surface area contributed by atoms with Crippen molar-refractivity contribution in [3.63, 3.8) is 0 Å². The Morgan fingerprint density at radius 2 is 1.73 bits per heavy atom. The molecule has 41 heavy (non-hydrogen) atoms. The molecule has 1 atom stereocenters. The number of aromatic carboxylic acids is 1. The van der Waals surface area contributed by atoms with Crippen LogP contribution in [0.25, 0.3) is 10.8 Å². The van der Waals surface area contributed by atoms with Crippen molar-refractivity contribution >= 4 is 23.0 Å². The van der Waals surface area contributed by atoms with Crippen LogP contribution in [0.4, 0.5) is 26.3 Å². The van der Waals surface area contributed by atoms with E-state index in [2.05, 4.69) is 10.3 Å². The van der Waals surface area contributed by atoms with Gasteiger partial charge in [0.15, 0.2) is 6.29 Å². The van der Waals surface area contributed by atoms with Crippen LogP contribution in [0.1, 0.15) is 46.8 Å². The summed E-state index contributed by atoms with van der Waals surface area (Å²) in [6, 6.07) is 12.1. The number of nitrogens with zero attached hydrogens (tertiary/aromatic N) is 2. The molecule has 0 saturated carbocycles. The van der Waals surface area contributed by atoms with Crippen molar-refractivity contribution in [2.45, 2.75) is 45.0 Å². The van der Waals surface area contributed by atoms with Crippen molar-refractivity contribution in [3.05, 3.63) is 88.6 Å². The van der Waals surface area contributed by atoms with Gasteiger partial charge in [-0.05, 0) is 59.0 Å². The van der Waals surface area contributed by atoms with Gasteiger partial charge in [0.25, 0.3) is 0 Å².